The zero-order chi connectivity index (χ0) is 20.8. The first-order valence-corrected chi connectivity index (χ1v) is 10.7. The van der Waals surface area contributed by atoms with Crippen molar-refractivity contribution in [3.05, 3.63) is 94.8 Å². The molecule has 0 aliphatic rings. The topological polar surface area (TPSA) is 53.4 Å². The van der Waals surface area contributed by atoms with E-state index in [1.54, 1.807) is 11.7 Å². The van der Waals surface area contributed by atoms with Crippen molar-refractivity contribution >= 4 is 22.7 Å². The van der Waals surface area contributed by atoms with Crippen LogP contribution in [0.2, 0.25) is 0 Å². The molecule has 4 rings (SSSR count). The molecule has 0 fully saturated rings. The van der Waals surface area contributed by atoms with E-state index in [-0.39, 0.29) is 5.56 Å². The summed E-state index contributed by atoms with van der Waals surface area (Å²) in [5.41, 5.74) is 1.75. The van der Waals surface area contributed by atoms with Crippen molar-refractivity contribution in [1.82, 2.24) is 9.55 Å². The van der Waals surface area contributed by atoms with Crippen LogP contribution in [0.1, 0.15) is 5.56 Å². The molecule has 3 aromatic carbocycles. The second-order valence-corrected chi connectivity index (χ2v) is 7.72. The molecule has 0 bridgehead atoms. The van der Waals surface area contributed by atoms with E-state index in [1.165, 1.54) is 11.8 Å². The summed E-state index contributed by atoms with van der Waals surface area (Å²) in [6, 6.07) is 24.9. The summed E-state index contributed by atoms with van der Waals surface area (Å²) in [6.07, 6.45) is 0. The zero-order valence-corrected chi connectivity index (χ0v) is 17.5. The Balaban J connectivity index is 1.52. The van der Waals surface area contributed by atoms with Crippen LogP contribution in [0.15, 0.2) is 88.8 Å². The van der Waals surface area contributed by atoms with Crippen molar-refractivity contribution in [2.75, 3.05) is 19.5 Å². The molecule has 1 heterocycles. The fourth-order valence-electron chi connectivity index (χ4n) is 3.13. The highest BCUT2D eigenvalue weighted by Crippen LogP contribution is 2.21. The number of hydrogen-bond acceptors (Lipinski definition) is 5. The second-order valence-electron chi connectivity index (χ2n) is 6.66. The molecule has 0 aliphatic heterocycles. The summed E-state index contributed by atoms with van der Waals surface area (Å²) in [7, 11) is 1.64. The summed E-state index contributed by atoms with van der Waals surface area (Å²) in [6.45, 7) is 0.990. The molecule has 152 valence electrons. The molecule has 0 unspecified atom stereocenters. The van der Waals surface area contributed by atoms with Gasteiger partial charge in [0.25, 0.3) is 5.56 Å². The van der Waals surface area contributed by atoms with E-state index in [2.05, 4.69) is 0 Å². The van der Waals surface area contributed by atoms with E-state index >= 15 is 0 Å². The van der Waals surface area contributed by atoms with Crippen molar-refractivity contribution < 1.29 is 9.47 Å². The van der Waals surface area contributed by atoms with E-state index < -0.39 is 0 Å². The normalized spacial score (nSPS) is 10.8. The van der Waals surface area contributed by atoms with Gasteiger partial charge < -0.3 is 9.47 Å². The van der Waals surface area contributed by atoms with Gasteiger partial charge in [-0.3, -0.25) is 9.36 Å². The lowest BCUT2D eigenvalue weighted by Crippen LogP contribution is -2.24. The van der Waals surface area contributed by atoms with Gasteiger partial charge in [-0.1, -0.05) is 54.2 Å². The number of nitrogens with zero attached hydrogens (tertiary/aromatic N) is 2. The minimum Gasteiger partial charge on any atom is -0.497 e. The number of hydrogen-bond donors (Lipinski definition) is 0. The van der Waals surface area contributed by atoms with Gasteiger partial charge in [-0.25, -0.2) is 4.98 Å². The smallest absolute Gasteiger partial charge is 0.262 e. The highest BCUT2D eigenvalue weighted by atomic mass is 32.2. The number of thioether (sulfide) groups is 1. The third kappa shape index (κ3) is 4.66. The van der Waals surface area contributed by atoms with Gasteiger partial charge in [0.1, 0.15) is 11.5 Å². The Hall–Kier alpha value is -3.25. The fourth-order valence-corrected chi connectivity index (χ4v) is 3.94. The standard InChI is InChI=1S/C24H22N2O3S/c1-28-19-11-13-20(14-12-19)29-15-16-30-24-25-22-10-6-5-9-21(22)23(27)26(24)17-18-7-3-2-4-8-18/h2-14H,15-17H2,1H3. The van der Waals surface area contributed by atoms with Gasteiger partial charge in [-0.2, -0.15) is 0 Å². The predicted octanol–water partition coefficient (Wildman–Crippen LogP) is 4.62. The van der Waals surface area contributed by atoms with Gasteiger partial charge >= 0.3 is 0 Å². The quantitative estimate of drug-likeness (QED) is 0.237. The second kappa shape index (κ2) is 9.50. The van der Waals surface area contributed by atoms with Gasteiger partial charge in [-0.05, 0) is 42.0 Å². The number of aromatic nitrogens is 2. The maximum atomic E-state index is 13.1. The van der Waals surface area contributed by atoms with Crippen molar-refractivity contribution in [2.45, 2.75) is 11.7 Å². The van der Waals surface area contributed by atoms with Crippen LogP contribution in [0, 0.1) is 0 Å². The molecule has 0 aliphatic carbocycles. The minimum absolute atomic E-state index is 0.0250. The molecule has 0 saturated carbocycles. The molecule has 5 nitrogen and oxygen atoms in total. The summed E-state index contributed by atoms with van der Waals surface area (Å²) < 4.78 is 12.7. The van der Waals surface area contributed by atoms with Gasteiger partial charge in [0.05, 0.1) is 31.2 Å². The summed E-state index contributed by atoms with van der Waals surface area (Å²) in [4.78, 5) is 17.9. The lowest BCUT2D eigenvalue weighted by Gasteiger charge is -2.13. The first kappa shape index (κ1) is 20.0. The first-order valence-electron chi connectivity index (χ1n) is 9.68. The van der Waals surface area contributed by atoms with Crippen LogP contribution in [0.5, 0.6) is 11.5 Å². The number of rotatable bonds is 8. The Kier molecular flexibility index (Phi) is 6.35. The molecule has 0 amide bonds. The summed E-state index contributed by atoms with van der Waals surface area (Å²) in [5, 5.41) is 1.33. The van der Waals surface area contributed by atoms with Crippen molar-refractivity contribution in [1.29, 1.82) is 0 Å². The Labute approximate surface area is 179 Å². The zero-order valence-electron chi connectivity index (χ0n) is 16.7. The Morgan fingerprint density at radius 3 is 2.37 bits per heavy atom. The third-order valence-electron chi connectivity index (χ3n) is 4.65. The van der Waals surface area contributed by atoms with Crippen LogP contribution < -0.4 is 15.0 Å². The van der Waals surface area contributed by atoms with Gasteiger partial charge in [0.15, 0.2) is 5.16 Å². The average molecular weight is 419 g/mol. The van der Waals surface area contributed by atoms with Gasteiger partial charge in [0, 0.05) is 5.75 Å². The van der Waals surface area contributed by atoms with E-state index in [0.717, 1.165) is 17.1 Å². The average Bonchev–Trinajstić information content (AvgIpc) is 2.80. The van der Waals surface area contributed by atoms with Crippen molar-refractivity contribution in [3.63, 3.8) is 0 Å². The molecule has 1 aromatic heterocycles. The molecular formula is C24H22N2O3S. The Morgan fingerprint density at radius 2 is 1.60 bits per heavy atom. The van der Waals surface area contributed by atoms with Crippen LogP contribution in [-0.2, 0) is 6.54 Å². The Morgan fingerprint density at radius 1 is 0.900 bits per heavy atom. The van der Waals surface area contributed by atoms with Crippen LogP contribution in [0.25, 0.3) is 10.9 Å². The Bertz CT molecular complexity index is 1170. The first-order chi connectivity index (χ1) is 14.7. The summed E-state index contributed by atoms with van der Waals surface area (Å²) in [5.74, 6) is 2.25. The number of fused-ring (bicyclic) bond motifs is 1. The maximum absolute atomic E-state index is 13.1. The summed E-state index contributed by atoms with van der Waals surface area (Å²) >= 11 is 1.52. The van der Waals surface area contributed by atoms with Crippen LogP contribution >= 0.6 is 11.8 Å². The molecule has 0 spiro atoms. The maximum Gasteiger partial charge on any atom is 0.262 e. The molecular weight excluding hydrogens is 396 g/mol. The van der Waals surface area contributed by atoms with E-state index in [1.807, 2.05) is 78.9 Å². The van der Waals surface area contributed by atoms with Crippen molar-refractivity contribution in [2.24, 2.45) is 0 Å². The SMILES string of the molecule is COc1ccc(OCCSc2nc3ccccc3c(=O)n2Cc2ccccc2)cc1. The lowest BCUT2D eigenvalue weighted by molar-refractivity contribution is 0.342. The molecule has 6 heteroatoms. The number of ether oxygens (including phenoxy) is 2. The number of methoxy groups -OCH3 is 1. The van der Waals surface area contributed by atoms with Crippen LogP contribution in [0.4, 0.5) is 0 Å². The molecule has 0 atom stereocenters. The largest absolute Gasteiger partial charge is 0.497 e. The minimum atomic E-state index is -0.0250. The lowest BCUT2D eigenvalue weighted by atomic mass is 10.2. The molecule has 0 radical (unpaired) electrons. The third-order valence-corrected chi connectivity index (χ3v) is 5.59. The molecule has 30 heavy (non-hydrogen) atoms. The van der Waals surface area contributed by atoms with E-state index in [0.29, 0.717) is 35.0 Å². The van der Waals surface area contributed by atoms with Gasteiger partial charge in [0.2, 0.25) is 0 Å². The highest BCUT2D eigenvalue weighted by molar-refractivity contribution is 7.99. The monoisotopic (exact) mass is 418 g/mol. The molecule has 4 aromatic rings. The molecule has 0 saturated heterocycles. The molecule has 0 N–H and O–H groups in total. The van der Waals surface area contributed by atoms with Crippen molar-refractivity contribution in [3.8, 4) is 11.5 Å². The number of para-hydroxylation sites is 1. The highest BCUT2D eigenvalue weighted by Gasteiger charge is 2.12. The van der Waals surface area contributed by atoms with Gasteiger partial charge in [-0.15, -0.1) is 0 Å². The van der Waals surface area contributed by atoms with E-state index in [4.69, 9.17) is 14.5 Å². The van der Waals surface area contributed by atoms with Crippen LogP contribution in [0.3, 0.4) is 0 Å². The number of benzene rings is 3. The van der Waals surface area contributed by atoms with E-state index in [9.17, 15) is 4.79 Å². The van der Waals surface area contributed by atoms with Crippen LogP contribution in [-0.4, -0.2) is 29.0 Å². The predicted molar refractivity (Wildman–Crippen MR) is 121 cm³/mol. The fraction of sp³-hybridized carbons (Fsp3) is 0.167.